The maximum absolute atomic E-state index is 12.5. The van der Waals surface area contributed by atoms with Crippen molar-refractivity contribution in [2.75, 3.05) is 26.4 Å². The van der Waals surface area contributed by atoms with E-state index in [4.69, 9.17) is 10.5 Å². The van der Waals surface area contributed by atoms with Crippen LogP contribution in [-0.4, -0.2) is 42.2 Å². The van der Waals surface area contributed by atoms with Gasteiger partial charge in [0.2, 0.25) is 0 Å². The molecule has 0 bridgehead atoms. The normalized spacial score (nSPS) is 16.9. The molecule has 1 amide bonds. The number of nitrogens with zero attached hydrogens (tertiary/aromatic N) is 1. The number of hydrogen-bond donors (Lipinski definition) is 2. The number of aliphatic hydroxyl groups is 1. The summed E-state index contributed by atoms with van der Waals surface area (Å²) in [4.78, 5) is 14.1. The Morgan fingerprint density at radius 2 is 2.10 bits per heavy atom. The molecule has 1 aromatic carbocycles. The predicted molar refractivity (Wildman–Crippen MR) is 77.8 cm³/mol. The second-order valence-corrected chi connectivity index (χ2v) is 5.52. The van der Waals surface area contributed by atoms with E-state index in [1.54, 1.807) is 25.2 Å². The summed E-state index contributed by atoms with van der Waals surface area (Å²) in [6.45, 7) is 0.323. The van der Waals surface area contributed by atoms with E-state index < -0.39 is 5.60 Å². The van der Waals surface area contributed by atoms with Gasteiger partial charge in [-0.2, -0.15) is 0 Å². The van der Waals surface area contributed by atoms with Gasteiger partial charge in [0.05, 0.1) is 12.7 Å². The number of nitrogens with two attached hydrogens (primary N) is 1. The number of anilines is 1. The Labute approximate surface area is 119 Å². The molecule has 0 spiro atoms. The van der Waals surface area contributed by atoms with Crippen molar-refractivity contribution in [2.45, 2.75) is 31.3 Å². The predicted octanol–water partition coefficient (Wildman–Crippen LogP) is 1.65. The molecule has 1 aliphatic rings. The molecule has 2 rings (SSSR count). The first-order valence-electron chi connectivity index (χ1n) is 6.87. The molecule has 3 N–H and O–H groups in total. The third-order valence-corrected chi connectivity index (χ3v) is 3.90. The van der Waals surface area contributed by atoms with Gasteiger partial charge in [0.25, 0.3) is 5.91 Å². The van der Waals surface area contributed by atoms with Gasteiger partial charge >= 0.3 is 0 Å². The molecule has 0 radical (unpaired) electrons. The van der Waals surface area contributed by atoms with Crippen LogP contribution in [0.25, 0.3) is 0 Å². The summed E-state index contributed by atoms with van der Waals surface area (Å²) < 4.78 is 5.20. The average Bonchev–Trinajstić information content (AvgIpc) is 2.84. The average molecular weight is 278 g/mol. The molecule has 5 heteroatoms. The topological polar surface area (TPSA) is 75.8 Å². The van der Waals surface area contributed by atoms with E-state index in [-0.39, 0.29) is 5.91 Å². The first-order chi connectivity index (χ1) is 9.47. The summed E-state index contributed by atoms with van der Waals surface area (Å²) in [5, 5.41) is 10.4. The number of nitrogen functional groups attached to an aromatic ring is 1. The standard InChI is InChI=1S/C15H22N2O3/c1-17(10-15(19)8-3-4-9-15)14(18)13-11(16)6-5-7-12(13)20-2/h5-7,19H,3-4,8-10,16H2,1-2H3. The molecule has 1 aliphatic carbocycles. The zero-order valence-electron chi connectivity index (χ0n) is 12.1. The number of amides is 1. The molecule has 1 saturated carbocycles. The van der Waals surface area contributed by atoms with Gasteiger partial charge in [0.15, 0.2) is 0 Å². The van der Waals surface area contributed by atoms with Crippen molar-refractivity contribution in [3.63, 3.8) is 0 Å². The highest BCUT2D eigenvalue weighted by Gasteiger charge is 2.34. The van der Waals surface area contributed by atoms with Crippen molar-refractivity contribution < 1.29 is 14.6 Å². The van der Waals surface area contributed by atoms with E-state index >= 15 is 0 Å². The van der Waals surface area contributed by atoms with Gasteiger partial charge in [0, 0.05) is 19.3 Å². The Morgan fingerprint density at radius 3 is 2.70 bits per heavy atom. The molecule has 1 fully saturated rings. The molecule has 0 aromatic heterocycles. The lowest BCUT2D eigenvalue weighted by Gasteiger charge is -2.29. The second kappa shape index (κ2) is 5.71. The first kappa shape index (κ1) is 14.7. The Bertz CT molecular complexity index is 496. The van der Waals surface area contributed by atoms with Gasteiger partial charge in [-0.3, -0.25) is 4.79 Å². The zero-order chi connectivity index (χ0) is 14.8. The van der Waals surface area contributed by atoms with Gasteiger partial charge in [-0.25, -0.2) is 0 Å². The Morgan fingerprint density at radius 1 is 1.45 bits per heavy atom. The number of methoxy groups -OCH3 is 1. The number of carbonyl (C=O) groups is 1. The number of rotatable bonds is 4. The van der Waals surface area contributed by atoms with Crippen LogP contribution in [0.2, 0.25) is 0 Å². The van der Waals surface area contributed by atoms with Gasteiger partial charge in [-0.1, -0.05) is 18.9 Å². The lowest BCUT2D eigenvalue weighted by molar-refractivity contribution is 0.0156. The number of benzene rings is 1. The van der Waals surface area contributed by atoms with E-state index in [0.717, 1.165) is 25.7 Å². The minimum absolute atomic E-state index is 0.222. The zero-order valence-corrected chi connectivity index (χ0v) is 12.1. The highest BCUT2D eigenvalue weighted by molar-refractivity contribution is 6.01. The molecule has 110 valence electrons. The lowest BCUT2D eigenvalue weighted by atomic mass is 10.0. The first-order valence-corrected chi connectivity index (χ1v) is 6.87. The van der Waals surface area contributed by atoms with Gasteiger partial charge in [-0.05, 0) is 25.0 Å². The number of carbonyl (C=O) groups excluding carboxylic acids is 1. The fourth-order valence-corrected chi connectivity index (χ4v) is 2.84. The second-order valence-electron chi connectivity index (χ2n) is 5.52. The molecule has 20 heavy (non-hydrogen) atoms. The van der Waals surface area contributed by atoms with E-state index in [0.29, 0.717) is 23.5 Å². The molecular formula is C15H22N2O3. The Kier molecular flexibility index (Phi) is 4.18. The van der Waals surface area contributed by atoms with Crippen LogP contribution in [-0.2, 0) is 0 Å². The lowest BCUT2D eigenvalue weighted by Crippen LogP contribution is -2.42. The fourth-order valence-electron chi connectivity index (χ4n) is 2.84. The fraction of sp³-hybridized carbons (Fsp3) is 0.533. The third kappa shape index (κ3) is 2.88. The summed E-state index contributed by atoms with van der Waals surface area (Å²) >= 11 is 0. The van der Waals surface area contributed by atoms with Crippen LogP contribution in [0.5, 0.6) is 5.75 Å². The van der Waals surface area contributed by atoms with Crippen LogP contribution in [0.4, 0.5) is 5.69 Å². The molecule has 0 unspecified atom stereocenters. The molecule has 0 atom stereocenters. The summed E-state index contributed by atoms with van der Waals surface area (Å²) in [5.74, 6) is 0.237. The largest absolute Gasteiger partial charge is 0.496 e. The Hall–Kier alpha value is -1.75. The highest BCUT2D eigenvalue weighted by Crippen LogP contribution is 2.31. The van der Waals surface area contributed by atoms with Crippen molar-refractivity contribution >= 4 is 11.6 Å². The summed E-state index contributed by atoms with van der Waals surface area (Å²) in [6.07, 6.45) is 3.50. The molecule has 1 aromatic rings. The SMILES string of the molecule is COc1cccc(N)c1C(=O)N(C)CC1(O)CCCC1. The Balaban J connectivity index is 2.18. The van der Waals surface area contributed by atoms with E-state index in [9.17, 15) is 9.90 Å². The summed E-state index contributed by atoms with van der Waals surface area (Å²) in [5.41, 5.74) is 5.87. The van der Waals surface area contributed by atoms with E-state index in [2.05, 4.69) is 0 Å². The third-order valence-electron chi connectivity index (χ3n) is 3.90. The van der Waals surface area contributed by atoms with Crippen LogP contribution in [0.15, 0.2) is 18.2 Å². The van der Waals surface area contributed by atoms with E-state index in [1.807, 2.05) is 0 Å². The van der Waals surface area contributed by atoms with Crippen molar-refractivity contribution in [3.8, 4) is 5.75 Å². The monoisotopic (exact) mass is 278 g/mol. The molecular weight excluding hydrogens is 256 g/mol. The van der Waals surface area contributed by atoms with Crippen LogP contribution in [0.3, 0.4) is 0 Å². The van der Waals surface area contributed by atoms with Gasteiger partial charge in [0.1, 0.15) is 11.3 Å². The van der Waals surface area contributed by atoms with Crippen LogP contribution in [0, 0.1) is 0 Å². The van der Waals surface area contributed by atoms with Crippen LogP contribution in [0.1, 0.15) is 36.0 Å². The van der Waals surface area contributed by atoms with Gasteiger partial charge in [-0.15, -0.1) is 0 Å². The van der Waals surface area contributed by atoms with Crippen molar-refractivity contribution in [1.82, 2.24) is 4.90 Å². The van der Waals surface area contributed by atoms with Crippen LogP contribution < -0.4 is 10.5 Å². The van der Waals surface area contributed by atoms with Crippen molar-refractivity contribution in [2.24, 2.45) is 0 Å². The smallest absolute Gasteiger partial charge is 0.259 e. The minimum Gasteiger partial charge on any atom is -0.496 e. The minimum atomic E-state index is -0.763. The molecule has 0 saturated heterocycles. The maximum Gasteiger partial charge on any atom is 0.259 e. The van der Waals surface area contributed by atoms with E-state index in [1.165, 1.54) is 12.0 Å². The molecule has 5 nitrogen and oxygen atoms in total. The van der Waals surface area contributed by atoms with Crippen molar-refractivity contribution in [3.05, 3.63) is 23.8 Å². The number of ether oxygens (including phenoxy) is 1. The highest BCUT2D eigenvalue weighted by atomic mass is 16.5. The van der Waals surface area contributed by atoms with Crippen molar-refractivity contribution in [1.29, 1.82) is 0 Å². The maximum atomic E-state index is 12.5. The van der Waals surface area contributed by atoms with Crippen LogP contribution >= 0.6 is 0 Å². The molecule has 0 heterocycles. The molecule has 0 aliphatic heterocycles. The quantitative estimate of drug-likeness (QED) is 0.821. The number of hydrogen-bond acceptors (Lipinski definition) is 4. The summed E-state index contributed by atoms with van der Waals surface area (Å²) in [7, 11) is 3.20. The van der Waals surface area contributed by atoms with Gasteiger partial charge < -0.3 is 20.5 Å². The number of likely N-dealkylation sites (N-methyl/N-ethyl adjacent to an activating group) is 1. The summed E-state index contributed by atoms with van der Waals surface area (Å²) in [6, 6.07) is 5.13.